The van der Waals surface area contributed by atoms with Crippen molar-refractivity contribution in [3.05, 3.63) is 10.7 Å². The van der Waals surface area contributed by atoms with E-state index in [-0.39, 0.29) is 0 Å². The number of ether oxygens (including phenoxy) is 1. The highest BCUT2D eigenvalue weighted by atomic mass is 79.9. The van der Waals surface area contributed by atoms with E-state index in [1.807, 2.05) is 0 Å². The molecule has 0 saturated heterocycles. The molecular weight excluding hydrogens is 296 g/mol. The van der Waals surface area contributed by atoms with Crippen molar-refractivity contribution in [2.75, 3.05) is 25.5 Å². The van der Waals surface area contributed by atoms with Gasteiger partial charge in [-0.05, 0) is 41.2 Å². The van der Waals surface area contributed by atoms with Crippen LogP contribution in [0.5, 0.6) is 5.88 Å². The molecular formula is C12H21BrN4O. The first-order valence-corrected chi connectivity index (χ1v) is 7.01. The van der Waals surface area contributed by atoms with Crippen LogP contribution in [0.3, 0.4) is 0 Å². The molecule has 6 heteroatoms. The Kier molecular flexibility index (Phi) is 6.97. The summed E-state index contributed by atoms with van der Waals surface area (Å²) in [6.45, 7) is 3.75. The largest absolute Gasteiger partial charge is 0.480 e. The molecule has 1 aromatic rings. The lowest BCUT2D eigenvalue weighted by atomic mass is 10.00. The van der Waals surface area contributed by atoms with Crippen molar-refractivity contribution in [2.24, 2.45) is 11.7 Å². The number of rotatable bonds is 8. The lowest BCUT2D eigenvalue weighted by Crippen LogP contribution is -2.19. The first-order valence-electron chi connectivity index (χ1n) is 6.21. The van der Waals surface area contributed by atoms with Gasteiger partial charge in [0.25, 0.3) is 0 Å². The van der Waals surface area contributed by atoms with Crippen molar-refractivity contribution in [1.29, 1.82) is 0 Å². The zero-order valence-corrected chi connectivity index (χ0v) is 12.5. The maximum absolute atomic E-state index is 5.61. The van der Waals surface area contributed by atoms with Gasteiger partial charge in [0.15, 0.2) is 0 Å². The predicted octanol–water partition coefficient (Wildman–Crippen LogP) is 2.42. The second-order valence-corrected chi connectivity index (χ2v) is 5.02. The van der Waals surface area contributed by atoms with E-state index in [1.54, 1.807) is 13.3 Å². The fourth-order valence-electron chi connectivity index (χ4n) is 1.81. The number of anilines is 1. The SMILES string of the molecule is CCCC(CCN)CNc1ncc(Br)c(OC)n1. The van der Waals surface area contributed by atoms with Crippen molar-refractivity contribution in [2.45, 2.75) is 26.2 Å². The Morgan fingerprint density at radius 2 is 2.28 bits per heavy atom. The van der Waals surface area contributed by atoms with E-state index >= 15 is 0 Å². The van der Waals surface area contributed by atoms with Crippen molar-refractivity contribution in [3.63, 3.8) is 0 Å². The summed E-state index contributed by atoms with van der Waals surface area (Å²) in [7, 11) is 1.59. The van der Waals surface area contributed by atoms with Crippen LogP contribution < -0.4 is 15.8 Å². The summed E-state index contributed by atoms with van der Waals surface area (Å²) in [6, 6.07) is 0. The molecule has 3 N–H and O–H groups in total. The molecule has 1 aromatic heterocycles. The third-order valence-corrected chi connectivity index (χ3v) is 3.27. The number of nitrogens with one attached hydrogen (secondary N) is 1. The van der Waals surface area contributed by atoms with E-state index in [9.17, 15) is 0 Å². The Labute approximate surface area is 117 Å². The minimum Gasteiger partial charge on any atom is -0.480 e. The topological polar surface area (TPSA) is 73.1 Å². The Balaban J connectivity index is 2.55. The maximum Gasteiger partial charge on any atom is 0.232 e. The number of nitrogens with zero attached hydrogens (tertiary/aromatic N) is 2. The summed E-state index contributed by atoms with van der Waals surface area (Å²) in [5.41, 5.74) is 5.61. The Morgan fingerprint density at radius 1 is 1.50 bits per heavy atom. The number of nitrogens with two attached hydrogens (primary N) is 1. The molecule has 0 spiro atoms. The van der Waals surface area contributed by atoms with Gasteiger partial charge in [0.2, 0.25) is 11.8 Å². The average molecular weight is 317 g/mol. The van der Waals surface area contributed by atoms with Crippen molar-refractivity contribution in [1.82, 2.24) is 9.97 Å². The summed E-state index contributed by atoms with van der Waals surface area (Å²) in [5.74, 6) is 1.70. The molecule has 1 unspecified atom stereocenters. The number of aromatic nitrogens is 2. The second-order valence-electron chi connectivity index (χ2n) is 4.16. The molecule has 0 radical (unpaired) electrons. The van der Waals surface area contributed by atoms with E-state index < -0.39 is 0 Å². The first kappa shape index (κ1) is 15.2. The van der Waals surface area contributed by atoms with Gasteiger partial charge in [-0.3, -0.25) is 0 Å². The second kappa shape index (κ2) is 8.26. The molecule has 18 heavy (non-hydrogen) atoms. The molecule has 0 amide bonds. The van der Waals surface area contributed by atoms with E-state index in [0.717, 1.165) is 36.8 Å². The van der Waals surface area contributed by atoms with Crippen LogP contribution in [0.1, 0.15) is 26.2 Å². The summed E-state index contributed by atoms with van der Waals surface area (Å²) < 4.78 is 5.88. The maximum atomic E-state index is 5.61. The molecule has 0 aromatic carbocycles. The highest BCUT2D eigenvalue weighted by Crippen LogP contribution is 2.22. The van der Waals surface area contributed by atoms with Gasteiger partial charge in [-0.25, -0.2) is 4.98 Å². The van der Waals surface area contributed by atoms with Gasteiger partial charge in [0.1, 0.15) is 0 Å². The van der Waals surface area contributed by atoms with Crippen LogP contribution in [-0.2, 0) is 0 Å². The number of halogens is 1. The predicted molar refractivity (Wildman–Crippen MR) is 76.8 cm³/mol. The van der Waals surface area contributed by atoms with Gasteiger partial charge >= 0.3 is 0 Å². The van der Waals surface area contributed by atoms with Crippen LogP contribution in [0.25, 0.3) is 0 Å². The van der Waals surface area contributed by atoms with Crippen LogP contribution in [0.15, 0.2) is 10.7 Å². The zero-order valence-electron chi connectivity index (χ0n) is 10.9. The standard InChI is InChI=1S/C12H21BrN4O/c1-3-4-9(5-6-14)7-15-12-16-8-10(13)11(17-12)18-2/h8-9H,3-7,14H2,1-2H3,(H,15,16,17). The van der Waals surface area contributed by atoms with Crippen molar-refractivity contribution >= 4 is 21.9 Å². The van der Waals surface area contributed by atoms with Gasteiger partial charge in [-0.1, -0.05) is 13.3 Å². The van der Waals surface area contributed by atoms with E-state index in [0.29, 0.717) is 17.7 Å². The molecule has 0 aliphatic carbocycles. The molecule has 102 valence electrons. The number of hydrogen-bond acceptors (Lipinski definition) is 5. The molecule has 1 atom stereocenters. The Bertz CT molecular complexity index is 356. The molecule has 1 heterocycles. The smallest absolute Gasteiger partial charge is 0.232 e. The fraction of sp³-hybridized carbons (Fsp3) is 0.667. The fourth-order valence-corrected chi connectivity index (χ4v) is 2.16. The summed E-state index contributed by atoms with van der Waals surface area (Å²) in [5, 5.41) is 3.24. The minimum absolute atomic E-state index is 0.540. The third-order valence-electron chi connectivity index (χ3n) is 2.73. The molecule has 0 saturated carbocycles. The monoisotopic (exact) mass is 316 g/mol. The zero-order chi connectivity index (χ0) is 13.4. The van der Waals surface area contributed by atoms with Crippen LogP contribution in [-0.4, -0.2) is 30.2 Å². The summed E-state index contributed by atoms with van der Waals surface area (Å²) in [4.78, 5) is 8.46. The Morgan fingerprint density at radius 3 is 2.89 bits per heavy atom. The van der Waals surface area contributed by atoms with Crippen LogP contribution in [0.2, 0.25) is 0 Å². The van der Waals surface area contributed by atoms with E-state index in [2.05, 4.69) is 38.1 Å². The number of hydrogen-bond donors (Lipinski definition) is 2. The van der Waals surface area contributed by atoms with Crippen LogP contribution >= 0.6 is 15.9 Å². The molecule has 0 aliphatic rings. The molecule has 0 bridgehead atoms. The van der Waals surface area contributed by atoms with E-state index in [1.165, 1.54) is 0 Å². The van der Waals surface area contributed by atoms with Crippen molar-refractivity contribution < 1.29 is 4.74 Å². The Hall–Kier alpha value is -0.880. The first-order chi connectivity index (χ1) is 8.71. The van der Waals surface area contributed by atoms with Gasteiger partial charge in [0.05, 0.1) is 17.8 Å². The highest BCUT2D eigenvalue weighted by Gasteiger charge is 2.09. The average Bonchev–Trinajstić information content (AvgIpc) is 2.38. The molecule has 1 rings (SSSR count). The number of methoxy groups -OCH3 is 1. The van der Waals surface area contributed by atoms with Crippen LogP contribution in [0.4, 0.5) is 5.95 Å². The van der Waals surface area contributed by atoms with Crippen molar-refractivity contribution in [3.8, 4) is 5.88 Å². The third kappa shape index (κ3) is 4.78. The normalized spacial score (nSPS) is 12.2. The lowest BCUT2D eigenvalue weighted by Gasteiger charge is -2.16. The van der Waals surface area contributed by atoms with Gasteiger partial charge in [0, 0.05) is 6.54 Å². The van der Waals surface area contributed by atoms with Gasteiger partial charge in [-0.15, -0.1) is 0 Å². The molecule has 0 aliphatic heterocycles. The quantitative estimate of drug-likeness (QED) is 0.770. The lowest BCUT2D eigenvalue weighted by molar-refractivity contribution is 0.394. The summed E-state index contributed by atoms with van der Waals surface area (Å²) in [6.07, 6.45) is 5.04. The molecule has 5 nitrogen and oxygen atoms in total. The van der Waals surface area contributed by atoms with Gasteiger partial charge < -0.3 is 15.8 Å². The summed E-state index contributed by atoms with van der Waals surface area (Å²) >= 11 is 3.33. The van der Waals surface area contributed by atoms with Crippen LogP contribution in [0, 0.1) is 5.92 Å². The minimum atomic E-state index is 0.540. The van der Waals surface area contributed by atoms with E-state index in [4.69, 9.17) is 10.5 Å². The highest BCUT2D eigenvalue weighted by molar-refractivity contribution is 9.10. The van der Waals surface area contributed by atoms with Gasteiger partial charge in [-0.2, -0.15) is 4.98 Å². The molecule has 0 fully saturated rings.